The van der Waals surface area contributed by atoms with E-state index < -0.39 is 0 Å². The summed E-state index contributed by atoms with van der Waals surface area (Å²) < 4.78 is 2.42. The van der Waals surface area contributed by atoms with E-state index in [1.54, 1.807) is 0 Å². The van der Waals surface area contributed by atoms with Gasteiger partial charge < -0.3 is 4.57 Å². The second kappa shape index (κ2) is 10.0. The van der Waals surface area contributed by atoms with Crippen LogP contribution in [0.5, 0.6) is 0 Å². The normalized spacial score (nSPS) is 13.4. The van der Waals surface area contributed by atoms with Crippen molar-refractivity contribution in [3.05, 3.63) is 175 Å². The fourth-order valence-corrected chi connectivity index (χ4v) is 8.42. The highest BCUT2D eigenvalue weighted by atomic mass is 15.0. The van der Waals surface area contributed by atoms with E-state index in [0.717, 1.165) is 0 Å². The number of benzene rings is 8. The maximum atomic E-state index is 2.42. The second-order valence-electron chi connectivity index (χ2n) is 13.8. The molecular weight excluding hydrogens is 579 g/mol. The second-order valence-corrected chi connectivity index (χ2v) is 13.8. The van der Waals surface area contributed by atoms with Crippen LogP contribution in [-0.4, -0.2) is 4.57 Å². The molecule has 1 aliphatic rings. The zero-order chi connectivity index (χ0) is 32.0. The van der Waals surface area contributed by atoms with Gasteiger partial charge in [-0.3, -0.25) is 0 Å². The first-order chi connectivity index (χ1) is 23.5. The van der Waals surface area contributed by atoms with Crippen LogP contribution in [0, 0.1) is 0 Å². The maximum Gasteiger partial charge on any atom is 0.0541 e. The van der Waals surface area contributed by atoms with Crippen molar-refractivity contribution in [3.63, 3.8) is 0 Å². The van der Waals surface area contributed by atoms with Crippen molar-refractivity contribution in [1.82, 2.24) is 4.57 Å². The topological polar surface area (TPSA) is 4.93 Å². The van der Waals surface area contributed by atoms with Gasteiger partial charge in [0.1, 0.15) is 0 Å². The molecule has 0 radical (unpaired) electrons. The number of fused-ring (bicyclic) bond motifs is 8. The third kappa shape index (κ3) is 3.91. The van der Waals surface area contributed by atoms with Gasteiger partial charge in [0.25, 0.3) is 0 Å². The minimum atomic E-state index is -0.128. The summed E-state index contributed by atoms with van der Waals surface area (Å²) in [5, 5.41) is 7.61. The number of rotatable bonds is 3. The number of nitrogens with zero attached hydrogens (tertiary/aromatic N) is 1. The minimum absolute atomic E-state index is 0.128. The number of para-hydroxylation sites is 1. The van der Waals surface area contributed by atoms with Crippen molar-refractivity contribution in [1.29, 1.82) is 0 Å². The summed E-state index contributed by atoms with van der Waals surface area (Å²) in [6.07, 6.45) is 0. The monoisotopic (exact) mass is 611 g/mol. The zero-order valence-electron chi connectivity index (χ0n) is 27.0. The summed E-state index contributed by atoms with van der Waals surface area (Å²) in [7, 11) is 0. The Labute approximate surface area is 280 Å². The van der Waals surface area contributed by atoms with Crippen LogP contribution in [-0.2, 0) is 5.41 Å². The standard InChI is InChI=1S/C47H33N/c1-47(2)43-24-21-35(34-19-18-30-10-3-5-12-32(30)26-34)28-41(43)40-16-9-15-38(46(40)47)36-22-25-45-42(29-36)39-14-7-8-17-44(39)48(45)37-23-20-31-11-4-6-13-33(31)27-37/h3-29H,1-2H3. The van der Waals surface area contributed by atoms with E-state index in [1.807, 2.05) is 0 Å². The molecule has 1 aliphatic carbocycles. The molecule has 0 aliphatic heterocycles. The summed E-state index contributed by atoms with van der Waals surface area (Å²) >= 11 is 0. The first kappa shape index (κ1) is 27.2. The molecule has 1 heterocycles. The van der Waals surface area contributed by atoms with E-state index in [-0.39, 0.29) is 5.41 Å². The lowest BCUT2D eigenvalue weighted by molar-refractivity contribution is 0.662. The van der Waals surface area contributed by atoms with Gasteiger partial charge in [-0.25, -0.2) is 0 Å². The van der Waals surface area contributed by atoms with Crippen molar-refractivity contribution in [2.75, 3.05) is 0 Å². The van der Waals surface area contributed by atoms with Crippen LogP contribution in [0.15, 0.2) is 164 Å². The number of aromatic nitrogens is 1. The Balaban J connectivity index is 1.13. The predicted octanol–water partition coefficient (Wildman–Crippen LogP) is 12.7. The summed E-state index contributed by atoms with van der Waals surface area (Å²) in [5.41, 5.74) is 14.1. The highest BCUT2D eigenvalue weighted by molar-refractivity contribution is 6.11. The summed E-state index contributed by atoms with van der Waals surface area (Å²) in [4.78, 5) is 0. The van der Waals surface area contributed by atoms with Crippen molar-refractivity contribution < 1.29 is 0 Å². The summed E-state index contributed by atoms with van der Waals surface area (Å²) in [6.45, 7) is 4.78. The first-order valence-electron chi connectivity index (χ1n) is 16.8. The van der Waals surface area contributed by atoms with Crippen molar-refractivity contribution in [2.24, 2.45) is 0 Å². The molecule has 0 bridgehead atoms. The van der Waals surface area contributed by atoms with Crippen molar-refractivity contribution >= 4 is 43.4 Å². The molecule has 226 valence electrons. The Morgan fingerprint density at radius 1 is 0.396 bits per heavy atom. The van der Waals surface area contributed by atoms with Crippen LogP contribution in [0.2, 0.25) is 0 Å². The van der Waals surface area contributed by atoms with Gasteiger partial charge in [0.2, 0.25) is 0 Å². The average Bonchev–Trinajstić information content (AvgIpc) is 3.59. The average molecular weight is 612 g/mol. The third-order valence-corrected chi connectivity index (χ3v) is 10.7. The summed E-state index contributed by atoms with van der Waals surface area (Å²) in [6, 6.07) is 60.7. The molecule has 10 rings (SSSR count). The molecule has 0 unspecified atom stereocenters. The Morgan fingerprint density at radius 3 is 1.85 bits per heavy atom. The number of hydrogen-bond acceptors (Lipinski definition) is 0. The van der Waals surface area contributed by atoms with Crippen LogP contribution in [0.4, 0.5) is 0 Å². The predicted molar refractivity (Wildman–Crippen MR) is 204 cm³/mol. The molecule has 8 aromatic carbocycles. The largest absolute Gasteiger partial charge is 0.309 e. The van der Waals surface area contributed by atoms with Gasteiger partial charge in [-0.05, 0) is 109 Å². The van der Waals surface area contributed by atoms with Crippen LogP contribution >= 0.6 is 0 Å². The van der Waals surface area contributed by atoms with Crippen LogP contribution < -0.4 is 0 Å². The maximum absolute atomic E-state index is 2.42. The van der Waals surface area contributed by atoms with Gasteiger partial charge in [0, 0.05) is 21.9 Å². The van der Waals surface area contributed by atoms with Gasteiger partial charge >= 0.3 is 0 Å². The van der Waals surface area contributed by atoms with E-state index in [2.05, 4.69) is 182 Å². The molecule has 0 fully saturated rings. The van der Waals surface area contributed by atoms with E-state index >= 15 is 0 Å². The van der Waals surface area contributed by atoms with Crippen molar-refractivity contribution in [3.8, 4) is 39.1 Å². The molecule has 0 spiro atoms. The molecule has 0 N–H and O–H groups in total. The molecule has 0 saturated carbocycles. The molecule has 0 amide bonds. The quantitative estimate of drug-likeness (QED) is 0.187. The van der Waals surface area contributed by atoms with Crippen LogP contribution in [0.3, 0.4) is 0 Å². The lowest BCUT2D eigenvalue weighted by Crippen LogP contribution is -2.16. The van der Waals surface area contributed by atoms with E-state index in [9.17, 15) is 0 Å². The molecule has 1 aromatic heterocycles. The highest BCUT2D eigenvalue weighted by Gasteiger charge is 2.37. The molecule has 1 nitrogen and oxygen atoms in total. The molecule has 1 heteroatoms. The fourth-order valence-electron chi connectivity index (χ4n) is 8.42. The van der Waals surface area contributed by atoms with Gasteiger partial charge in [0.15, 0.2) is 0 Å². The molecule has 0 saturated heterocycles. The Kier molecular flexibility index (Phi) is 5.69. The van der Waals surface area contributed by atoms with Gasteiger partial charge in [-0.15, -0.1) is 0 Å². The smallest absolute Gasteiger partial charge is 0.0541 e. The van der Waals surface area contributed by atoms with Gasteiger partial charge in [-0.1, -0.05) is 135 Å². The highest BCUT2D eigenvalue weighted by Crippen LogP contribution is 2.53. The molecular formula is C47H33N. The Morgan fingerprint density at radius 2 is 1.02 bits per heavy atom. The third-order valence-electron chi connectivity index (χ3n) is 10.7. The SMILES string of the molecule is CC1(C)c2ccc(-c3ccc4ccccc4c3)cc2-c2cccc(-c3ccc4c(c3)c3ccccc3n4-c3ccc4ccccc4c3)c21. The minimum Gasteiger partial charge on any atom is -0.309 e. The lowest BCUT2D eigenvalue weighted by atomic mass is 9.78. The molecule has 9 aromatic rings. The van der Waals surface area contributed by atoms with Crippen LogP contribution in [0.1, 0.15) is 25.0 Å². The van der Waals surface area contributed by atoms with Crippen molar-refractivity contribution in [2.45, 2.75) is 19.3 Å². The zero-order valence-corrected chi connectivity index (χ0v) is 27.0. The fraction of sp³-hybridized carbons (Fsp3) is 0.0638. The first-order valence-corrected chi connectivity index (χ1v) is 16.8. The van der Waals surface area contributed by atoms with E-state index in [1.165, 1.54) is 93.5 Å². The Hall–Kier alpha value is -5.92. The van der Waals surface area contributed by atoms with Gasteiger partial charge in [-0.2, -0.15) is 0 Å². The molecule has 0 atom stereocenters. The van der Waals surface area contributed by atoms with Gasteiger partial charge in [0.05, 0.1) is 11.0 Å². The lowest BCUT2D eigenvalue weighted by Gasteiger charge is -2.24. The summed E-state index contributed by atoms with van der Waals surface area (Å²) in [5.74, 6) is 0. The van der Waals surface area contributed by atoms with E-state index in [0.29, 0.717) is 0 Å². The number of hydrogen-bond donors (Lipinski definition) is 0. The Bertz CT molecular complexity index is 2760. The molecule has 48 heavy (non-hydrogen) atoms. The van der Waals surface area contributed by atoms with Crippen LogP contribution in [0.25, 0.3) is 82.4 Å². The van der Waals surface area contributed by atoms with E-state index in [4.69, 9.17) is 0 Å².